The number of hydrogen-bond donors (Lipinski definition) is 1. The van der Waals surface area contributed by atoms with Gasteiger partial charge < -0.3 is 14.4 Å². The molecule has 2 aromatic heterocycles. The molecule has 0 fully saturated rings. The molecule has 0 unspecified atom stereocenters. The monoisotopic (exact) mass is 377 g/mol. The molecular formula is C20H16FN5O2. The van der Waals surface area contributed by atoms with Gasteiger partial charge in [-0.05, 0) is 23.3 Å². The molecule has 2 aromatic carbocycles. The quantitative estimate of drug-likeness (QED) is 0.558. The summed E-state index contributed by atoms with van der Waals surface area (Å²) in [7, 11) is 0. The van der Waals surface area contributed by atoms with Crippen LogP contribution in [0.5, 0.6) is 0 Å². The highest BCUT2D eigenvalue weighted by molar-refractivity contribution is 5.89. The Balaban J connectivity index is 1.40. The molecule has 4 rings (SSSR count). The van der Waals surface area contributed by atoms with Gasteiger partial charge in [0.05, 0.1) is 6.33 Å². The molecule has 0 aliphatic carbocycles. The second kappa shape index (κ2) is 7.83. The van der Waals surface area contributed by atoms with Gasteiger partial charge in [0.25, 0.3) is 0 Å². The van der Waals surface area contributed by atoms with Crippen LogP contribution in [0.4, 0.5) is 4.39 Å². The Morgan fingerprint density at radius 2 is 2.00 bits per heavy atom. The standard InChI is InChI=1S/C20H16FN5O2/c21-17-3-1-2-15(10-17)11-23-19(27)20-24-18(25-28-20)16-6-4-14(5-7-16)12-26-9-8-22-13-26/h1-10,13H,11-12H2,(H,23,27). The molecule has 1 amide bonds. The third kappa shape index (κ3) is 4.12. The smallest absolute Gasteiger partial charge is 0.316 e. The number of rotatable bonds is 6. The molecule has 7 nitrogen and oxygen atoms in total. The van der Waals surface area contributed by atoms with Crippen molar-refractivity contribution >= 4 is 5.91 Å². The van der Waals surface area contributed by atoms with Crippen LogP contribution in [0.3, 0.4) is 0 Å². The maximum atomic E-state index is 13.2. The molecule has 0 aliphatic rings. The van der Waals surface area contributed by atoms with Crippen molar-refractivity contribution in [3.8, 4) is 11.4 Å². The maximum absolute atomic E-state index is 13.2. The normalized spacial score (nSPS) is 10.8. The van der Waals surface area contributed by atoms with Crippen molar-refractivity contribution in [1.82, 2.24) is 25.0 Å². The number of carbonyl (C=O) groups is 1. The van der Waals surface area contributed by atoms with Gasteiger partial charge in [0.15, 0.2) is 0 Å². The second-order valence-electron chi connectivity index (χ2n) is 6.17. The number of imidazole rings is 1. The minimum atomic E-state index is -0.514. The second-order valence-corrected chi connectivity index (χ2v) is 6.17. The fourth-order valence-corrected chi connectivity index (χ4v) is 2.69. The first-order chi connectivity index (χ1) is 13.7. The van der Waals surface area contributed by atoms with E-state index in [-0.39, 0.29) is 18.3 Å². The fourth-order valence-electron chi connectivity index (χ4n) is 2.69. The molecule has 0 saturated heterocycles. The van der Waals surface area contributed by atoms with Crippen molar-refractivity contribution in [3.05, 3.63) is 90.1 Å². The van der Waals surface area contributed by atoms with Crippen LogP contribution in [0, 0.1) is 5.82 Å². The van der Waals surface area contributed by atoms with Crippen LogP contribution in [-0.4, -0.2) is 25.6 Å². The first-order valence-corrected chi connectivity index (χ1v) is 8.59. The molecule has 1 N–H and O–H groups in total. The Bertz CT molecular complexity index is 1070. The average Bonchev–Trinajstić information content (AvgIpc) is 3.39. The number of nitrogens with one attached hydrogen (secondary N) is 1. The summed E-state index contributed by atoms with van der Waals surface area (Å²) in [5.41, 5.74) is 2.47. The van der Waals surface area contributed by atoms with E-state index in [0.717, 1.165) is 11.1 Å². The lowest BCUT2D eigenvalue weighted by Gasteiger charge is -2.03. The first kappa shape index (κ1) is 17.6. The SMILES string of the molecule is O=C(NCc1cccc(F)c1)c1nc(-c2ccc(Cn3ccnc3)cc2)no1. The average molecular weight is 377 g/mol. The van der Waals surface area contributed by atoms with Crippen molar-refractivity contribution in [2.75, 3.05) is 0 Å². The van der Waals surface area contributed by atoms with Crippen molar-refractivity contribution in [2.45, 2.75) is 13.1 Å². The Hall–Kier alpha value is -3.81. The number of amides is 1. The molecule has 0 atom stereocenters. The number of aromatic nitrogens is 4. The van der Waals surface area contributed by atoms with E-state index in [4.69, 9.17) is 4.52 Å². The molecule has 0 radical (unpaired) electrons. The zero-order chi connectivity index (χ0) is 19.3. The summed E-state index contributed by atoms with van der Waals surface area (Å²) < 4.78 is 20.2. The predicted octanol–water partition coefficient (Wildman–Crippen LogP) is 3.05. The van der Waals surface area contributed by atoms with E-state index in [9.17, 15) is 9.18 Å². The Labute approximate surface area is 159 Å². The molecule has 0 spiro atoms. The van der Waals surface area contributed by atoms with Crippen molar-refractivity contribution in [2.24, 2.45) is 0 Å². The van der Waals surface area contributed by atoms with E-state index in [0.29, 0.717) is 17.9 Å². The molecular weight excluding hydrogens is 361 g/mol. The fraction of sp³-hybridized carbons (Fsp3) is 0.100. The lowest BCUT2D eigenvalue weighted by atomic mass is 10.1. The van der Waals surface area contributed by atoms with E-state index in [1.165, 1.54) is 12.1 Å². The third-order valence-corrected chi connectivity index (χ3v) is 4.10. The van der Waals surface area contributed by atoms with E-state index in [1.54, 1.807) is 24.7 Å². The van der Waals surface area contributed by atoms with Crippen LogP contribution in [0.1, 0.15) is 21.8 Å². The minimum Gasteiger partial charge on any atom is -0.344 e. The van der Waals surface area contributed by atoms with Gasteiger partial charge >= 0.3 is 11.8 Å². The van der Waals surface area contributed by atoms with Gasteiger partial charge in [0.2, 0.25) is 5.82 Å². The summed E-state index contributed by atoms with van der Waals surface area (Å²) in [4.78, 5) is 20.3. The Morgan fingerprint density at radius 1 is 1.14 bits per heavy atom. The van der Waals surface area contributed by atoms with E-state index >= 15 is 0 Å². The Morgan fingerprint density at radius 3 is 2.75 bits per heavy atom. The summed E-state index contributed by atoms with van der Waals surface area (Å²) >= 11 is 0. The van der Waals surface area contributed by atoms with Crippen LogP contribution < -0.4 is 5.32 Å². The highest BCUT2D eigenvalue weighted by atomic mass is 19.1. The highest BCUT2D eigenvalue weighted by Crippen LogP contribution is 2.17. The van der Waals surface area contributed by atoms with Gasteiger partial charge in [-0.1, -0.05) is 41.6 Å². The highest BCUT2D eigenvalue weighted by Gasteiger charge is 2.16. The van der Waals surface area contributed by atoms with Crippen LogP contribution in [-0.2, 0) is 13.1 Å². The summed E-state index contributed by atoms with van der Waals surface area (Å²) in [6.45, 7) is 0.873. The molecule has 0 aliphatic heterocycles. The third-order valence-electron chi connectivity index (χ3n) is 4.10. The lowest BCUT2D eigenvalue weighted by molar-refractivity contribution is 0.0907. The number of hydrogen-bond acceptors (Lipinski definition) is 5. The van der Waals surface area contributed by atoms with Crippen molar-refractivity contribution in [1.29, 1.82) is 0 Å². The predicted molar refractivity (Wildman–Crippen MR) is 98.6 cm³/mol. The van der Waals surface area contributed by atoms with E-state index in [2.05, 4.69) is 20.4 Å². The zero-order valence-corrected chi connectivity index (χ0v) is 14.7. The van der Waals surface area contributed by atoms with Gasteiger partial charge in [0.1, 0.15) is 5.82 Å². The molecule has 140 valence electrons. The van der Waals surface area contributed by atoms with Crippen LogP contribution in [0.25, 0.3) is 11.4 Å². The van der Waals surface area contributed by atoms with Crippen LogP contribution >= 0.6 is 0 Å². The number of halogens is 1. The summed E-state index contributed by atoms with van der Waals surface area (Å²) in [5.74, 6) is -0.693. The molecule has 8 heteroatoms. The van der Waals surface area contributed by atoms with Crippen LogP contribution in [0.2, 0.25) is 0 Å². The maximum Gasteiger partial charge on any atom is 0.316 e. The first-order valence-electron chi connectivity index (χ1n) is 8.59. The molecule has 2 heterocycles. The summed E-state index contributed by atoms with van der Waals surface area (Å²) in [6.07, 6.45) is 5.37. The zero-order valence-electron chi connectivity index (χ0n) is 14.7. The van der Waals surface area contributed by atoms with E-state index < -0.39 is 5.91 Å². The van der Waals surface area contributed by atoms with Crippen molar-refractivity contribution < 1.29 is 13.7 Å². The van der Waals surface area contributed by atoms with Crippen molar-refractivity contribution in [3.63, 3.8) is 0 Å². The van der Waals surface area contributed by atoms with Gasteiger partial charge in [-0.3, -0.25) is 4.79 Å². The van der Waals surface area contributed by atoms with Gasteiger partial charge in [-0.15, -0.1) is 0 Å². The summed E-state index contributed by atoms with van der Waals surface area (Å²) in [5, 5.41) is 6.49. The van der Waals surface area contributed by atoms with Gasteiger partial charge in [-0.25, -0.2) is 9.37 Å². The number of benzene rings is 2. The summed E-state index contributed by atoms with van der Waals surface area (Å²) in [6, 6.07) is 13.6. The van der Waals surface area contributed by atoms with Gasteiger partial charge in [0, 0.05) is 31.0 Å². The minimum absolute atomic E-state index is 0.145. The van der Waals surface area contributed by atoms with E-state index in [1.807, 2.05) is 35.0 Å². The molecule has 0 bridgehead atoms. The van der Waals surface area contributed by atoms with Gasteiger partial charge in [-0.2, -0.15) is 4.98 Å². The molecule has 0 saturated carbocycles. The Kier molecular flexibility index (Phi) is 4.92. The topological polar surface area (TPSA) is 85.8 Å². The number of nitrogens with zero attached hydrogens (tertiary/aromatic N) is 4. The molecule has 4 aromatic rings. The number of carbonyl (C=O) groups excluding carboxylic acids is 1. The molecule has 28 heavy (non-hydrogen) atoms. The van der Waals surface area contributed by atoms with Crippen LogP contribution in [0.15, 0.2) is 71.8 Å². The lowest BCUT2D eigenvalue weighted by Crippen LogP contribution is -2.23. The largest absolute Gasteiger partial charge is 0.344 e.